The van der Waals surface area contributed by atoms with Crippen LogP contribution in [0.1, 0.15) is 29.4 Å². The van der Waals surface area contributed by atoms with E-state index in [1.165, 1.54) is 30.5 Å². The number of hydrogen-bond donors (Lipinski definition) is 0. The van der Waals surface area contributed by atoms with Crippen molar-refractivity contribution >= 4 is 33.0 Å². The second kappa shape index (κ2) is 12.2. The van der Waals surface area contributed by atoms with Gasteiger partial charge < -0.3 is 9.47 Å². The van der Waals surface area contributed by atoms with E-state index < -0.39 is 39.2 Å². The van der Waals surface area contributed by atoms with Crippen molar-refractivity contribution in [3.63, 3.8) is 0 Å². The summed E-state index contributed by atoms with van der Waals surface area (Å²) in [4.78, 5) is 16.2. The Labute approximate surface area is 272 Å². The van der Waals surface area contributed by atoms with Crippen molar-refractivity contribution in [2.75, 3.05) is 6.61 Å². The fourth-order valence-corrected chi connectivity index (χ4v) is 6.94. The molecule has 0 bridgehead atoms. The molecular weight excluding hydrogens is 645 g/mol. The van der Waals surface area contributed by atoms with Gasteiger partial charge in [0.15, 0.2) is 29.0 Å². The number of esters is 1. The Bertz CT molecular complexity index is 2370. The highest BCUT2D eigenvalue weighted by Crippen LogP contribution is 2.38. The van der Waals surface area contributed by atoms with Crippen LogP contribution in [0.5, 0.6) is 11.5 Å². The van der Waals surface area contributed by atoms with E-state index in [1.54, 1.807) is 66.2 Å². The highest BCUT2D eigenvalue weighted by molar-refractivity contribution is 7.90. The van der Waals surface area contributed by atoms with Gasteiger partial charge >= 0.3 is 5.97 Å². The van der Waals surface area contributed by atoms with E-state index >= 15 is 13.2 Å². The molecule has 1 aliphatic heterocycles. The third-order valence-electron chi connectivity index (χ3n) is 7.83. The first-order valence-corrected chi connectivity index (χ1v) is 16.2. The average molecular weight is 671 g/mol. The van der Waals surface area contributed by atoms with Crippen molar-refractivity contribution in [3.8, 4) is 22.9 Å². The van der Waals surface area contributed by atoms with Gasteiger partial charge in [-0.2, -0.15) is 5.10 Å². The van der Waals surface area contributed by atoms with Crippen molar-refractivity contribution in [1.82, 2.24) is 18.7 Å². The zero-order valence-corrected chi connectivity index (χ0v) is 26.0. The quantitative estimate of drug-likeness (QED) is 0.122. The standard InChI is InChI=1S/C35H25F3N4O5S/c1-2-46-31(43)14-12-21-7-6-8-22(32(21)37)17-30-39-35-27-18-24(13-11-23(27)20-41(35)40-30)47-34-28(36)19-29-26(33(34)38)15-16-42(29)48(44,45)25-9-4-3-5-10-25/h3-16,18-19H,2,17,20H2,1H3/b14-12+. The van der Waals surface area contributed by atoms with E-state index in [0.29, 0.717) is 29.3 Å². The molecule has 13 heteroatoms. The summed E-state index contributed by atoms with van der Waals surface area (Å²) >= 11 is 0. The van der Waals surface area contributed by atoms with Crippen LogP contribution >= 0.6 is 0 Å². The van der Waals surface area contributed by atoms with Gasteiger partial charge in [-0.25, -0.2) is 40.0 Å². The van der Waals surface area contributed by atoms with Crippen molar-refractivity contribution in [1.29, 1.82) is 0 Å². The minimum Gasteiger partial charge on any atom is -0.463 e. The van der Waals surface area contributed by atoms with Gasteiger partial charge in [-0.05, 0) is 54.5 Å². The van der Waals surface area contributed by atoms with Gasteiger partial charge in [-0.1, -0.05) is 42.5 Å². The number of benzene rings is 4. The Balaban J connectivity index is 1.14. The van der Waals surface area contributed by atoms with Gasteiger partial charge in [0.25, 0.3) is 10.0 Å². The zero-order valence-electron chi connectivity index (χ0n) is 25.2. The van der Waals surface area contributed by atoms with Gasteiger partial charge in [0.1, 0.15) is 11.6 Å². The molecule has 48 heavy (non-hydrogen) atoms. The summed E-state index contributed by atoms with van der Waals surface area (Å²) in [7, 11) is -4.11. The van der Waals surface area contributed by atoms with Crippen LogP contribution in [-0.4, -0.2) is 39.7 Å². The average Bonchev–Trinajstić information content (AvgIpc) is 3.77. The third kappa shape index (κ3) is 5.51. The lowest BCUT2D eigenvalue weighted by Gasteiger charge is -2.12. The molecule has 0 saturated heterocycles. The lowest BCUT2D eigenvalue weighted by atomic mass is 10.1. The summed E-state index contributed by atoms with van der Waals surface area (Å²) in [5.41, 5.74) is 1.84. The van der Waals surface area contributed by atoms with Gasteiger partial charge in [0, 0.05) is 41.3 Å². The molecule has 6 aromatic rings. The molecule has 3 heterocycles. The van der Waals surface area contributed by atoms with Crippen LogP contribution in [0.3, 0.4) is 0 Å². The normalized spacial score (nSPS) is 12.4. The molecule has 0 atom stereocenters. The van der Waals surface area contributed by atoms with Crippen LogP contribution < -0.4 is 4.74 Å². The second-order valence-electron chi connectivity index (χ2n) is 10.9. The van der Waals surface area contributed by atoms with Crippen molar-refractivity contribution in [2.24, 2.45) is 0 Å². The van der Waals surface area contributed by atoms with Gasteiger partial charge in [-0.15, -0.1) is 0 Å². The molecule has 0 saturated carbocycles. The lowest BCUT2D eigenvalue weighted by Crippen LogP contribution is -2.11. The molecule has 0 radical (unpaired) electrons. The van der Waals surface area contributed by atoms with Crippen LogP contribution in [0.2, 0.25) is 0 Å². The maximum atomic E-state index is 15.7. The number of ether oxygens (including phenoxy) is 2. The molecule has 9 nitrogen and oxygen atoms in total. The van der Waals surface area contributed by atoms with Gasteiger partial charge in [0.05, 0.1) is 23.6 Å². The first-order chi connectivity index (χ1) is 23.1. The first kappa shape index (κ1) is 30.9. The topological polar surface area (TPSA) is 105 Å². The number of rotatable bonds is 9. The number of carbonyl (C=O) groups is 1. The monoisotopic (exact) mass is 670 g/mol. The predicted octanol–water partition coefficient (Wildman–Crippen LogP) is 6.88. The van der Waals surface area contributed by atoms with E-state index in [9.17, 15) is 13.2 Å². The van der Waals surface area contributed by atoms with Crippen LogP contribution in [0.25, 0.3) is 28.4 Å². The summed E-state index contributed by atoms with van der Waals surface area (Å²) in [6.07, 6.45) is 3.75. The maximum absolute atomic E-state index is 15.7. The van der Waals surface area contributed by atoms with Crippen LogP contribution in [0.4, 0.5) is 13.2 Å². The number of halogens is 3. The summed E-state index contributed by atoms with van der Waals surface area (Å²) in [6, 6.07) is 19.4. The molecule has 0 N–H and O–H groups in total. The lowest BCUT2D eigenvalue weighted by molar-refractivity contribution is -0.137. The molecular formula is C35H25F3N4O5S. The summed E-state index contributed by atoms with van der Waals surface area (Å²) in [5.74, 6) is -2.98. The Morgan fingerprint density at radius 2 is 1.79 bits per heavy atom. The number of aromatic nitrogens is 4. The minimum absolute atomic E-state index is 0.0281. The Morgan fingerprint density at radius 1 is 0.979 bits per heavy atom. The molecule has 1 aliphatic rings. The van der Waals surface area contributed by atoms with E-state index in [2.05, 4.69) is 10.1 Å². The third-order valence-corrected chi connectivity index (χ3v) is 9.53. The fourth-order valence-electron chi connectivity index (χ4n) is 5.58. The molecule has 0 aliphatic carbocycles. The number of fused-ring (bicyclic) bond motifs is 4. The van der Waals surface area contributed by atoms with Crippen molar-refractivity contribution < 1.29 is 35.9 Å². The van der Waals surface area contributed by atoms with Gasteiger partial charge in [0.2, 0.25) is 0 Å². The summed E-state index contributed by atoms with van der Waals surface area (Å²) in [5, 5.41) is 4.39. The van der Waals surface area contributed by atoms with Gasteiger partial charge in [-0.3, -0.25) is 0 Å². The molecule has 2 aromatic heterocycles. The molecule has 0 fully saturated rings. The number of nitrogens with zero attached hydrogens (tertiary/aromatic N) is 4. The van der Waals surface area contributed by atoms with Crippen molar-refractivity contribution in [3.05, 3.63) is 131 Å². The predicted molar refractivity (Wildman–Crippen MR) is 170 cm³/mol. The van der Waals surface area contributed by atoms with Crippen LogP contribution in [-0.2, 0) is 32.5 Å². The zero-order chi connectivity index (χ0) is 33.6. The van der Waals surface area contributed by atoms with E-state index in [1.807, 2.05) is 0 Å². The van der Waals surface area contributed by atoms with E-state index in [4.69, 9.17) is 9.47 Å². The summed E-state index contributed by atoms with van der Waals surface area (Å²) < 4.78 is 85.6. The number of hydrogen-bond acceptors (Lipinski definition) is 7. The number of carbonyl (C=O) groups excluding carboxylic acids is 1. The Kier molecular flexibility index (Phi) is 7.83. The molecule has 7 rings (SSSR count). The Morgan fingerprint density at radius 3 is 2.58 bits per heavy atom. The van der Waals surface area contributed by atoms with Crippen LogP contribution in [0.15, 0.2) is 96.0 Å². The summed E-state index contributed by atoms with van der Waals surface area (Å²) in [6.45, 7) is 2.26. The van der Waals surface area contributed by atoms with Crippen LogP contribution in [0, 0.1) is 17.5 Å². The largest absolute Gasteiger partial charge is 0.463 e. The molecule has 242 valence electrons. The first-order valence-electron chi connectivity index (χ1n) is 14.8. The van der Waals surface area contributed by atoms with E-state index in [-0.39, 0.29) is 40.1 Å². The molecule has 0 amide bonds. The molecule has 4 aromatic carbocycles. The fraction of sp³-hybridized carbons (Fsp3) is 0.114. The van der Waals surface area contributed by atoms with E-state index in [0.717, 1.165) is 21.7 Å². The smallest absolute Gasteiger partial charge is 0.330 e. The second-order valence-corrected chi connectivity index (χ2v) is 12.7. The van der Waals surface area contributed by atoms with Crippen molar-refractivity contribution in [2.45, 2.75) is 24.8 Å². The Hall–Kier alpha value is -5.69. The highest BCUT2D eigenvalue weighted by Gasteiger charge is 2.27. The molecule has 0 unspecified atom stereocenters. The maximum Gasteiger partial charge on any atom is 0.330 e. The highest BCUT2D eigenvalue weighted by atomic mass is 32.2. The SMILES string of the molecule is CCOC(=O)/C=C/c1cccc(Cc2nc3n(n2)Cc2ccc(Oc4c(F)cc5c(ccn5S(=O)(=O)c5ccccc5)c4F)cc2-3)c1F. The minimum atomic E-state index is -4.11. The molecule has 0 spiro atoms.